The highest BCUT2D eigenvalue weighted by molar-refractivity contribution is 7.91. The Balaban J connectivity index is 1.32. The van der Waals surface area contributed by atoms with Gasteiger partial charge in [0.25, 0.3) is 0 Å². The number of sulfone groups is 1. The Morgan fingerprint density at radius 1 is 0.929 bits per heavy atom. The standard InChI is InChI=1S/C33H36N2O6S/c1-24-33(25(2)41-34-24)28-13-14-31-29(22-28)21-26-8-6-9-27(20-26)23-35(15-16-39-17-18-40-31)32(36)12-7-19-42(37,38)30-10-4-3-5-11-30/h3-6,8-11,13-14,20,22H,7,12,15-19,21,23H2,1-2H3. The van der Waals surface area contributed by atoms with Gasteiger partial charge in [-0.25, -0.2) is 8.42 Å². The zero-order chi connectivity index (χ0) is 29.5. The van der Waals surface area contributed by atoms with Crippen LogP contribution in [0.2, 0.25) is 0 Å². The molecule has 0 unspecified atom stereocenters. The van der Waals surface area contributed by atoms with Crippen LogP contribution in [0.1, 0.15) is 41.0 Å². The molecule has 0 fully saturated rings. The number of hydrogen-bond donors (Lipinski definition) is 0. The minimum Gasteiger partial charge on any atom is -0.491 e. The lowest BCUT2D eigenvalue weighted by Gasteiger charge is -2.24. The van der Waals surface area contributed by atoms with Gasteiger partial charge in [-0.1, -0.05) is 53.7 Å². The Morgan fingerprint density at radius 3 is 2.52 bits per heavy atom. The summed E-state index contributed by atoms with van der Waals surface area (Å²) in [6, 6.07) is 22.7. The van der Waals surface area contributed by atoms with Crippen molar-refractivity contribution in [3.8, 4) is 16.9 Å². The summed E-state index contributed by atoms with van der Waals surface area (Å²) >= 11 is 0. The first-order valence-corrected chi connectivity index (χ1v) is 15.9. The van der Waals surface area contributed by atoms with E-state index < -0.39 is 9.84 Å². The van der Waals surface area contributed by atoms with Gasteiger partial charge in [-0.15, -0.1) is 0 Å². The molecule has 42 heavy (non-hydrogen) atoms. The lowest BCUT2D eigenvalue weighted by atomic mass is 9.96. The molecule has 0 spiro atoms. The summed E-state index contributed by atoms with van der Waals surface area (Å²) in [6.45, 7) is 5.79. The lowest BCUT2D eigenvalue weighted by molar-refractivity contribution is -0.132. The second-order valence-electron chi connectivity index (χ2n) is 10.5. The number of carbonyl (C=O) groups excluding carboxylic acids is 1. The highest BCUT2D eigenvalue weighted by Gasteiger charge is 2.19. The topological polar surface area (TPSA) is 98.9 Å². The molecule has 220 valence electrons. The van der Waals surface area contributed by atoms with E-state index in [9.17, 15) is 13.2 Å². The SMILES string of the molecule is Cc1noc(C)c1-c1ccc2c(c1)Cc1cccc(c1)CN(C(=O)CCCS(=O)(=O)c1ccccc1)CCOCCO2. The Morgan fingerprint density at radius 2 is 1.74 bits per heavy atom. The van der Waals surface area contributed by atoms with E-state index in [0.717, 1.165) is 45.0 Å². The van der Waals surface area contributed by atoms with Gasteiger partial charge in [0.05, 0.1) is 29.6 Å². The van der Waals surface area contributed by atoms with E-state index in [0.29, 0.717) is 39.3 Å². The fourth-order valence-electron chi connectivity index (χ4n) is 5.28. The number of carbonyl (C=O) groups is 1. The van der Waals surface area contributed by atoms with Crippen LogP contribution in [-0.4, -0.2) is 56.5 Å². The highest BCUT2D eigenvalue weighted by Crippen LogP contribution is 2.32. The number of amides is 1. The van der Waals surface area contributed by atoms with Gasteiger partial charge in [-0.05, 0) is 66.8 Å². The molecule has 0 atom stereocenters. The molecule has 1 amide bonds. The van der Waals surface area contributed by atoms with Gasteiger partial charge < -0.3 is 18.9 Å². The predicted molar refractivity (Wildman–Crippen MR) is 160 cm³/mol. The van der Waals surface area contributed by atoms with Crippen LogP contribution < -0.4 is 4.74 Å². The lowest BCUT2D eigenvalue weighted by Crippen LogP contribution is -2.34. The molecule has 0 radical (unpaired) electrons. The van der Waals surface area contributed by atoms with Crippen molar-refractivity contribution in [2.45, 2.75) is 44.6 Å². The Labute approximate surface area is 247 Å². The monoisotopic (exact) mass is 588 g/mol. The average Bonchev–Trinajstić information content (AvgIpc) is 3.32. The van der Waals surface area contributed by atoms with Crippen molar-refractivity contribution in [1.82, 2.24) is 10.1 Å². The van der Waals surface area contributed by atoms with Crippen molar-refractivity contribution in [3.63, 3.8) is 0 Å². The molecule has 1 aromatic heterocycles. The van der Waals surface area contributed by atoms with Crippen LogP contribution in [0, 0.1) is 13.8 Å². The van der Waals surface area contributed by atoms with Crippen LogP contribution >= 0.6 is 0 Å². The molecule has 4 aromatic rings. The summed E-state index contributed by atoms with van der Waals surface area (Å²) in [5.41, 5.74) is 5.98. The van der Waals surface area contributed by atoms with Gasteiger partial charge in [-0.2, -0.15) is 0 Å². The highest BCUT2D eigenvalue weighted by atomic mass is 32.2. The number of ether oxygens (including phenoxy) is 2. The molecular weight excluding hydrogens is 552 g/mol. The van der Waals surface area contributed by atoms with Crippen molar-refractivity contribution in [1.29, 1.82) is 0 Å². The van der Waals surface area contributed by atoms with Crippen molar-refractivity contribution in [2.75, 3.05) is 32.1 Å². The minimum absolute atomic E-state index is 0.0742. The zero-order valence-electron chi connectivity index (χ0n) is 24.0. The Kier molecular flexibility index (Phi) is 9.39. The van der Waals surface area contributed by atoms with Crippen LogP contribution in [0.25, 0.3) is 11.1 Å². The molecule has 0 aliphatic carbocycles. The largest absolute Gasteiger partial charge is 0.491 e. The van der Waals surface area contributed by atoms with Crippen LogP contribution in [0.3, 0.4) is 0 Å². The number of fused-ring (bicyclic) bond motifs is 3. The first-order valence-electron chi connectivity index (χ1n) is 14.2. The molecule has 0 saturated heterocycles. The smallest absolute Gasteiger partial charge is 0.222 e. The average molecular weight is 589 g/mol. The quantitative estimate of drug-likeness (QED) is 0.292. The fourth-order valence-corrected chi connectivity index (χ4v) is 6.62. The molecule has 0 N–H and O–H groups in total. The van der Waals surface area contributed by atoms with E-state index in [-0.39, 0.29) is 29.4 Å². The van der Waals surface area contributed by atoms with Crippen molar-refractivity contribution < 1.29 is 27.2 Å². The third-order valence-electron chi connectivity index (χ3n) is 7.39. The third kappa shape index (κ3) is 7.27. The summed E-state index contributed by atoms with van der Waals surface area (Å²) in [6.07, 6.45) is 1.05. The zero-order valence-corrected chi connectivity index (χ0v) is 24.9. The number of aryl methyl sites for hydroxylation is 2. The van der Waals surface area contributed by atoms with E-state index in [4.69, 9.17) is 14.0 Å². The normalized spacial score (nSPS) is 14.5. The van der Waals surface area contributed by atoms with Gasteiger partial charge >= 0.3 is 0 Å². The second-order valence-corrected chi connectivity index (χ2v) is 12.6. The first-order chi connectivity index (χ1) is 20.3. The molecule has 0 saturated carbocycles. The fraction of sp³-hybridized carbons (Fsp3) is 0.333. The molecule has 1 aliphatic rings. The van der Waals surface area contributed by atoms with E-state index in [1.807, 2.05) is 38.1 Å². The summed E-state index contributed by atoms with van der Waals surface area (Å²) in [5, 5.41) is 4.11. The Hall–Kier alpha value is -3.95. The second kappa shape index (κ2) is 13.4. The molecule has 8 nitrogen and oxygen atoms in total. The number of aromatic nitrogens is 1. The van der Waals surface area contributed by atoms with Crippen LogP contribution in [-0.2, 0) is 32.3 Å². The first kappa shape index (κ1) is 29.5. The van der Waals surface area contributed by atoms with Crippen LogP contribution in [0.15, 0.2) is 82.2 Å². The maximum atomic E-state index is 13.3. The van der Waals surface area contributed by atoms with Crippen molar-refractivity contribution >= 4 is 15.7 Å². The molecule has 2 bridgehead atoms. The van der Waals surface area contributed by atoms with Gasteiger partial charge in [0.1, 0.15) is 18.1 Å². The van der Waals surface area contributed by atoms with E-state index in [2.05, 4.69) is 23.4 Å². The van der Waals surface area contributed by atoms with Crippen LogP contribution in [0.5, 0.6) is 5.75 Å². The minimum atomic E-state index is -3.44. The van der Waals surface area contributed by atoms with E-state index in [1.165, 1.54) is 0 Å². The molecular formula is C33H36N2O6S. The molecule has 3 aromatic carbocycles. The molecule has 1 aliphatic heterocycles. The number of nitrogens with zero attached hydrogens (tertiary/aromatic N) is 2. The summed E-state index contributed by atoms with van der Waals surface area (Å²) in [4.78, 5) is 15.3. The van der Waals surface area contributed by atoms with Gasteiger partial charge in [0.2, 0.25) is 5.91 Å². The van der Waals surface area contributed by atoms with Crippen molar-refractivity contribution in [2.24, 2.45) is 0 Å². The summed E-state index contributed by atoms with van der Waals surface area (Å²) < 4.78 is 42.7. The van der Waals surface area contributed by atoms with Gasteiger partial charge in [0, 0.05) is 31.5 Å². The maximum Gasteiger partial charge on any atom is 0.222 e. The number of rotatable bonds is 6. The summed E-state index contributed by atoms with van der Waals surface area (Å²) in [5.74, 6) is 1.41. The van der Waals surface area contributed by atoms with Crippen LogP contribution in [0.4, 0.5) is 0 Å². The summed E-state index contributed by atoms with van der Waals surface area (Å²) in [7, 11) is -3.44. The van der Waals surface area contributed by atoms with Crippen molar-refractivity contribution in [3.05, 3.63) is 101 Å². The molecule has 2 heterocycles. The number of benzene rings is 3. The van der Waals surface area contributed by atoms with E-state index in [1.54, 1.807) is 35.2 Å². The predicted octanol–water partition coefficient (Wildman–Crippen LogP) is 5.54. The number of hydrogen-bond acceptors (Lipinski definition) is 7. The van der Waals surface area contributed by atoms with Gasteiger partial charge in [0.15, 0.2) is 9.84 Å². The Bertz CT molecular complexity index is 1610. The molecule has 5 rings (SSSR count). The van der Waals surface area contributed by atoms with Gasteiger partial charge in [-0.3, -0.25) is 4.79 Å². The third-order valence-corrected chi connectivity index (χ3v) is 9.21. The van der Waals surface area contributed by atoms with E-state index >= 15 is 0 Å². The molecule has 9 heteroatoms. The maximum absolute atomic E-state index is 13.3.